The second-order valence-electron chi connectivity index (χ2n) is 4.66. The van der Waals surface area contributed by atoms with E-state index in [1.807, 2.05) is 0 Å². The van der Waals surface area contributed by atoms with E-state index in [1.54, 1.807) is 11.3 Å². The number of aromatic nitrogens is 1. The van der Waals surface area contributed by atoms with Gasteiger partial charge in [-0.25, -0.2) is 4.98 Å². The molecule has 1 aromatic rings. The molecule has 1 N–H and O–H groups in total. The van der Waals surface area contributed by atoms with Gasteiger partial charge in [-0.05, 0) is 31.8 Å². The molecule has 0 amide bonds. The molecule has 0 unspecified atom stereocenters. The molecular formula is C12H20N2OS. The molecule has 1 saturated heterocycles. The van der Waals surface area contributed by atoms with E-state index in [-0.39, 0.29) is 6.61 Å². The van der Waals surface area contributed by atoms with Crippen LogP contribution in [0.3, 0.4) is 0 Å². The molecule has 0 radical (unpaired) electrons. The van der Waals surface area contributed by atoms with Crippen LogP contribution in [0.25, 0.3) is 0 Å². The summed E-state index contributed by atoms with van der Waals surface area (Å²) in [5, 5.41) is 12.1. The van der Waals surface area contributed by atoms with Crippen molar-refractivity contribution >= 4 is 11.3 Å². The molecule has 0 aromatic carbocycles. The predicted molar refractivity (Wildman–Crippen MR) is 66.6 cm³/mol. The Morgan fingerprint density at radius 2 is 2.25 bits per heavy atom. The maximum atomic E-state index is 8.83. The Balaban J connectivity index is 1.83. The van der Waals surface area contributed by atoms with Gasteiger partial charge in [-0.2, -0.15) is 0 Å². The van der Waals surface area contributed by atoms with Crippen LogP contribution in [0.1, 0.15) is 30.5 Å². The van der Waals surface area contributed by atoms with Crippen molar-refractivity contribution in [3.05, 3.63) is 16.1 Å². The van der Waals surface area contributed by atoms with Crippen molar-refractivity contribution in [3.8, 4) is 0 Å². The van der Waals surface area contributed by atoms with E-state index in [2.05, 4.69) is 22.2 Å². The standard InChI is InChI=1S/C12H20N2OS/c1-10-2-5-14(6-3-10)8-12-13-11(4-7-15)9-16-12/h9-10,15H,2-8H2,1H3. The normalized spacial score (nSPS) is 19.1. The minimum Gasteiger partial charge on any atom is -0.396 e. The molecule has 4 heteroatoms. The Hall–Kier alpha value is -0.450. The van der Waals surface area contributed by atoms with Gasteiger partial charge in [-0.15, -0.1) is 11.3 Å². The van der Waals surface area contributed by atoms with Crippen LogP contribution >= 0.6 is 11.3 Å². The zero-order valence-electron chi connectivity index (χ0n) is 9.85. The molecule has 1 aromatic heterocycles. The summed E-state index contributed by atoms with van der Waals surface area (Å²) in [6.07, 6.45) is 3.32. The Kier molecular flexibility index (Phi) is 4.32. The van der Waals surface area contributed by atoms with Crippen molar-refractivity contribution in [2.45, 2.75) is 32.7 Å². The molecule has 0 saturated carbocycles. The number of likely N-dealkylation sites (tertiary alicyclic amines) is 1. The Morgan fingerprint density at radius 3 is 2.94 bits per heavy atom. The quantitative estimate of drug-likeness (QED) is 0.873. The van der Waals surface area contributed by atoms with Gasteiger partial charge in [-0.1, -0.05) is 6.92 Å². The highest BCUT2D eigenvalue weighted by atomic mass is 32.1. The lowest BCUT2D eigenvalue weighted by atomic mass is 9.99. The number of nitrogens with zero attached hydrogens (tertiary/aromatic N) is 2. The fourth-order valence-corrected chi connectivity index (χ4v) is 2.93. The molecule has 0 aliphatic carbocycles. The summed E-state index contributed by atoms with van der Waals surface area (Å²) < 4.78 is 0. The van der Waals surface area contributed by atoms with Crippen LogP contribution in [-0.4, -0.2) is 34.7 Å². The maximum absolute atomic E-state index is 8.83. The first kappa shape index (κ1) is 12.0. The van der Waals surface area contributed by atoms with Gasteiger partial charge >= 0.3 is 0 Å². The molecule has 1 aliphatic rings. The Bertz CT molecular complexity index is 319. The van der Waals surface area contributed by atoms with Crippen LogP contribution in [-0.2, 0) is 13.0 Å². The highest BCUT2D eigenvalue weighted by Gasteiger charge is 2.16. The number of piperidine rings is 1. The van der Waals surface area contributed by atoms with Crippen LogP contribution in [0.4, 0.5) is 0 Å². The molecule has 3 nitrogen and oxygen atoms in total. The molecule has 0 spiro atoms. The first-order valence-electron chi connectivity index (χ1n) is 6.04. The number of rotatable bonds is 4. The molecule has 0 bridgehead atoms. The van der Waals surface area contributed by atoms with E-state index in [0.29, 0.717) is 6.42 Å². The van der Waals surface area contributed by atoms with E-state index in [9.17, 15) is 0 Å². The lowest BCUT2D eigenvalue weighted by Crippen LogP contribution is -2.32. The molecule has 0 atom stereocenters. The van der Waals surface area contributed by atoms with E-state index >= 15 is 0 Å². The minimum absolute atomic E-state index is 0.199. The highest BCUT2D eigenvalue weighted by molar-refractivity contribution is 7.09. The third kappa shape index (κ3) is 3.27. The SMILES string of the molecule is CC1CCN(Cc2nc(CCO)cs2)CC1. The van der Waals surface area contributed by atoms with E-state index in [1.165, 1.54) is 30.9 Å². The minimum atomic E-state index is 0.199. The third-order valence-corrected chi connectivity index (χ3v) is 4.08. The van der Waals surface area contributed by atoms with E-state index in [0.717, 1.165) is 18.2 Å². The van der Waals surface area contributed by atoms with Crippen molar-refractivity contribution in [1.82, 2.24) is 9.88 Å². The van der Waals surface area contributed by atoms with Gasteiger partial charge in [0.25, 0.3) is 0 Å². The number of hydrogen-bond donors (Lipinski definition) is 1. The number of thiazole rings is 1. The van der Waals surface area contributed by atoms with Crippen molar-refractivity contribution in [2.24, 2.45) is 5.92 Å². The molecule has 90 valence electrons. The average Bonchev–Trinajstić information content (AvgIpc) is 2.70. The van der Waals surface area contributed by atoms with Gasteiger partial charge in [-0.3, -0.25) is 4.90 Å². The summed E-state index contributed by atoms with van der Waals surface area (Å²) in [7, 11) is 0. The summed E-state index contributed by atoms with van der Waals surface area (Å²) in [6, 6.07) is 0. The van der Waals surface area contributed by atoms with Crippen molar-refractivity contribution < 1.29 is 5.11 Å². The summed E-state index contributed by atoms with van der Waals surface area (Å²) in [5.74, 6) is 0.887. The summed E-state index contributed by atoms with van der Waals surface area (Å²) >= 11 is 1.72. The van der Waals surface area contributed by atoms with Gasteiger partial charge < -0.3 is 5.11 Å². The number of aliphatic hydroxyl groups excluding tert-OH is 1. The van der Waals surface area contributed by atoms with Gasteiger partial charge in [0.05, 0.1) is 12.2 Å². The van der Waals surface area contributed by atoms with Gasteiger partial charge in [0.2, 0.25) is 0 Å². The topological polar surface area (TPSA) is 36.4 Å². The smallest absolute Gasteiger partial charge is 0.107 e. The van der Waals surface area contributed by atoms with Crippen LogP contribution in [0.5, 0.6) is 0 Å². The molecule has 2 rings (SSSR count). The second kappa shape index (κ2) is 5.75. The van der Waals surface area contributed by atoms with Crippen LogP contribution in [0.15, 0.2) is 5.38 Å². The van der Waals surface area contributed by atoms with Crippen molar-refractivity contribution in [3.63, 3.8) is 0 Å². The number of hydrogen-bond acceptors (Lipinski definition) is 4. The Morgan fingerprint density at radius 1 is 1.50 bits per heavy atom. The Labute approximate surface area is 101 Å². The van der Waals surface area contributed by atoms with Crippen molar-refractivity contribution in [1.29, 1.82) is 0 Å². The lowest BCUT2D eigenvalue weighted by molar-refractivity contribution is 0.185. The number of aliphatic hydroxyl groups is 1. The molecule has 1 fully saturated rings. The molecule has 16 heavy (non-hydrogen) atoms. The zero-order valence-corrected chi connectivity index (χ0v) is 10.7. The summed E-state index contributed by atoms with van der Waals surface area (Å²) in [5.41, 5.74) is 1.04. The average molecular weight is 240 g/mol. The fourth-order valence-electron chi connectivity index (χ4n) is 2.06. The van der Waals surface area contributed by atoms with Crippen molar-refractivity contribution in [2.75, 3.05) is 19.7 Å². The molecular weight excluding hydrogens is 220 g/mol. The maximum Gasteiger partial charge on any atom is 0.107 e. The first-order valence-corrected chi connectivity index (χ1v) is 6.92. The van der Waals surface area contributed by atoms with Gasteiger partial charge in [0.1, 0.15) is 5.01 Å². The third-order valence-electron chi connectivity index (χ3n) is 3.20. The highest BCUT2D eigenvalue weighted by Crippen LogP contribution is 2.19. The molecule has 2 heterocycles. The van der Waals surface area contributed by atoms with Crippen LogP contribution in [0, 0.1) is 5.92 Å². The molecule has 1 aliphatic heterocycles. The van der Waals surface area contributed by atoms with E-state index in [4.69, 9.17) is 5.11 Å². The van der Waals surface area contributed by atoms with Crippen LogP contribution < -0.4 is 0 Å². The monoisotopic (exact) mass is 240 g/mol. The van der Waals surface area contributed by atoms with Gasteiger partial charge in [0.15, 0.2) is 0 Å². The largest absolute Gasteiger partial charge is 0.396 e. The van der Waals surface area contributed by atoms with Crippen LogP contribution in [0.2, 0.25) is 0 Å². The van der Waals surface area contributed by atoms with E-state index < -0.39 is 0 Å². The van der Waals surface area contributed by atoms with Gasteiger partial charge in [0, 0.05) is 18.4 Å². The fraction of sp³-hybridized carbons (Fsp3) is 0.750. The first-order chi connectivity index (χ1) is 7.78. The summed E-state index contributed by atoms with van der Waals surface area (Å²) in [6.45, 7) is 5.93. The summed E-state index contributed by atoms with van der Waals surface area (Å²) in [4.78, 5) is 7.02. The lowest BCUT2D eigenvalue weighted by Gasteiger charge is -2.29. The zero-order chi connectivity index (χ0) is 11.4. The second-order valence-corrected chi connectivity index (χ2v) is 5.61. The predicted octanol–water partition coefficient (Wildman–Crippen LogP) is 1.91.